The molecule has 0 radical (unpaired) electrons. The van der Waals surface area contributed by atoms with Crippen LogP contribution in [0, 0.1) is 0 Å². The molecule has 2 aromatic carbocycles. The number of anilines is 1. The van der Waals surface area contributed by atoms with Crippen molar-refractivity contribution in [1.82, 2.24) is 4.90 Å². The number of rotatable bonds is 4. The summed E-state index contributed by atoms with van der Waals surface area (Å²) in [6, 6.07) is 15.2. The Balaban J connectivity index is 1.68. The molecule has 1 atom stereocenters. The van der Waals surface area contributed by atoms with Crippen molar-refractivity contribution < 1.29 is 9.53 Å². The molecule has 24 heavy (non-hydrogen) atoms. The second-order valence-electron chi connectivity index (χ2n) is 5.79. The van der Waals surface area contributed by atoms with Crippen molar-refractivity contribution in [3.05, 3.63) is 59.1 Å². The van der Waals surface area contributed by atoms with Gasteiger partial charge in [-0.3, -0.25) is 0 Å². The normalized spacial score (nSPS) is 16.9. The molecule has 0 spiro atoms. The molecule has 0 aromatic heterocycles. The first-order valence-corrected chi connectivity index (χ1v) is 8.61. The fourth-order valence-corrected chi connectivity index (χ4v) is 3.16. The van der Waals surface area contributed by atoms with Crippen LogP contribution in [0.1, 0.15) is 31.4 Å². The molecular formula is C19H21ClN2O2. The molecule has 3 rings (SSSR count). The van der Waals surface area contributed by atoms with Gasteiger partial charge in [0.05, 0.1) is 12.6 Å². The summed E-state index contributed by atoms with van der Waals surface area (Å²) in [5.74, 6) is 0.802. The fourth-order valence-electron chi connectivity index (χ4n) is 3.04. The first kappa shape index (κ1) is 16.7. The summed E-state index contributed by atoms with van der Waals surface area (Å²) in [7, 11) is 0. The molecule has 1 N–H and O–H groups in total. The molecule has 4 nitrogen and oxygen atoms in total. The Hall–Kier alpha value is -2.20. The molecule has 1 fully saturated rings. The Morgan fingerprint density at radius 2 is 1.92 bits per heavy atom. The number of amides is 2. The van der Waals surface area contributed by atoms with E-state index in [1.54, 1.807) is 0 Å². The van der Waals surface area contributed by atoms with Crippen LogP contribution in [0.5, 0.6) is 5.75 Å². The van der Waals surface area contributed by atoms with Crippen LogP contribution in [0.2, 0.25) is 5.02 Å². The van der Waals surface area contributed by atoms with Crippen LogP contribution >= 0.6 is 11.6 Å². The Labute approximate surface area is 147 Å². The van der Waals surface area contributed by atoms with Crippen LogP contribution < -0.4 is 10.1 Å². The number of carbonyl (C=O) groups is 1. The second-order valence-corrected chi connectivity index (χ2v) is 6.23. The third-order valence-electron chi connectivity index (χ3n) is 4.19. The smallest absolute Gasteiger partial charge is 0.322 e. The van der Waals surface area contributed by atoms with E-state index in [4.69, 9.17) is 16.3 Å². The number of carbonyl (C=O) groups excluding carboxylic acids is 1. The Bertz CT molecular complexity index is 686. The molecule has 1 saturated heterocycles. The third kappa shape index (κ3) is 3.82. The predicted octanol–water partition coefficient (Wildman–Crippen LogP) is 5.11. The fraction of sp³-hybridized carbons (Fsp3) is 0.316. The van der Waals surface area contributed by atoms with Crippen LogP contribution in [-0.2, 0) is 0 Å². The lowest BCUT2D eigenvalue weighted by Gasteiger charge is -2.25. The number of nitrogens with one attached hydrogen (secondary N) is 1. The second kappa shape index (κ2) is 7.58. The standard InChI is InChI=1S/C19H21ClN2O2/c1-2-24-17-11-9-16(10-12-17)21-19(23)22-13-3-4-18(22)14-5-7-15(20)8-6-14/h5-12,18H,2-4,13H2,1H3,(H,21,23)/t18-/m1/s1. The van der Waals surface area contributed by atoms with Crippen LogP contribution in [0.4, 0.5) is 10.5 Å². The van der Waals surface area contributed by atoms with Crippen LogP contribution in [0.15, 0.2) is 48.5 Å². The van der Waals surface area contributed by atoms with E-state index >= 15 is 0 Å². The van der Waals surface area contributed by atoms with Crippen molar-refractivity contribution in [2.45, 2.75) is 25.8 Å². The molecule has 126 valence electrons. The van der Waals surface area contributed by atoms with E-state index in [-0.39, 0.29) is 12.1 Å². The van der Waals surface area contributed by atoms with E-state index in [1.165, 1.54) is 0 Å². The summed E-state index contributed by atoms with van der Waals surface area (Å²) in [4.78, 5) is 14.5. The van der Waals surface area contributed by atoms with E-state index in [2.05, 4.69) is 5.32 Å². The minimum absolute atomic E-state index is 0.0726. The lowest BCUT2D eigenvalue weighted by molar-refractivity contribution is 0.207. The molecule has 0 aliphatic carbocycles. The molecule has 0 saturated carbocycles. The van der Waals surface area contributed by atoms with E-state index in [0.29, 0.717) is 11.6 Å². The summed E-state index contributed by atoms with van der Waals surface area (Å²) < 4.78 is 5.42. The number of likely N-dealkylation sites (tertiary alicyclic amines) is 1. The first-order valence-electron chi connectivity index (χ1n) is 8.23. The minimum atomic E-state index is -0.0726. The molecular weight excluding hydrogens is 324 g/mol. The summed E-state index contributed by atoms with van der Waals surface area (Å²) in [6.07, 6.45) is 1.97. The highest BCUT2D eigenvalue weighted by Gasteiger charge is 2.29. The SMILES string of the molecule is CCOc1ccc(NC(=O)N2CCC[C@@H]2c2ccc(Cl)cc2)cc1. The van der Waals surface area contributed by atoms with Gasteiger partial charge in [0, 0.05) is 17.3 Å². The first-order chi connectivity index (χ1) is 11.7. The van der Waals surface area contributed by atoms with Gasteiger partial charge in [-0.1, -0.05) is 23.7 Å². The largest absolute Gasteiger partial charge is 0.494 e. The van der Waals surface area contributed by atoms with Crippen molar-refractivity contribution in [3.63, 3.8) is 0 Å². The van der Waals surface area contributed by atoms with E-state index in [9.17, 15) is 4.79 Å². The summed E-state index contributed by atoms with van der Waals surface area (Å²) >= 11 is 5.96. The van der Waals surface area contributed by atoms with Gasteiger partial charge in [0.1, 0.15) is 5.75 Å². The average molecular weight is 345 g/mol. The quantitative estimate of drug-likeness (QED) is 0.837. The van der Waals surface area contributed by atoms with Gasteiger partial charge >= 0.3 is 6.03 Å². The van der Waals surface area contributed by atoms with E-state index in [0.717, 1.165) is 36.4 Å². The number of ether oxygens (including phenoxy) is 1. The van der Waals surface area contributed by atoms with Crippen molar-refractivity contribution >= 4 is 23.3 Å². The lowest BCUT2D eigenvalue weighted by atomic mass is 10.1. The van der Waals surface area contributed by atoms with E-state index in [1.807, 2.05) is 60.4 Å². The van der Waals surface area contributed by atoms with Crippen molar-refractivity contribution in [1.29, 1.82) is 0 Å². The number of urea groups is 1. The van der Waals surface area contributed by atoms with Crippen LogP contribution in [-0.4, -0.2) is 24.1 Å². The zero-order valence-electron chi connectivity index (χ0n) is 13.7. The number of nitrogens with zero attached hydrogens (tertiary/aromatic N) is 1. The Morgan fingerprint density at radius 3 is 2.58 bits per heavy atom. The Kier molecular flexibility index (Phi) is 5.26. The zero-order valence-corrected chi connectivity index (χ0v) is 14.4. The maximum absolute atomic E-state index is 12.6. The summed E-state index contributed by atoms with van der Waals surface area (Å²) in [5.41, 5.74) is 1.89. The van der Waals surface area contributed by atoms with Gasteiger partial charge in [0.2, 0.25) is 0 Å². The molecule has 5 heteroatoms. The van der Waals surface area contributed by atoms with Crippen molar-refractivity contribution in [3.8, 4) is 5.75 Å². The van der Waals surface area contributed by atoms with Crippen LogP contribution in [0.25, 0.3) is 0 Å². The van der Waals surface area contributed by atoms with Gasteiger partial charge < -0.3 is 15.0 Å². The highest BCUT2D eigenvalue weighted by molar-refractivity contribution is 6.30. The lowest BCUT2D eigenvalue weighted by Crippen LogP contribution is -2.34. The third-order valence-corrected chi connectivity index (χ3v) is 4.44. The van der Waals surface area contributed by atoms with Gasteiger partial charge in [0.25, 0.3) is 0 Å². The molecule has 0 unspecified atom stereocenters. The topological polar surface area (TPSA) is 41.6 Å². The van der Waals surface area contributed by atoms with Gasteiger partial charge in [0.15, 0.2) is 0 Å². The molecule has 0 bridgehead atoms. The van der Waals surface area contributed by atoms with Gasteiger partial charge in [-0.15, -0.1) is 0 Å². The highest BCUT2D eigenvalue weighted by atomic mass is 35.5. The number of hydrogen-bond donors (Lipinski definition) is 1. The summed E-state index contributed by atoms with van der Waals surface area (Å²) in [5, 5.41) is 3.68. The van der Waals surface area contributed by atoms with Gasteiger partial charge in [-0.05, 0) is 61.7 Å². The minimum Gasteiger partial charge on any atom is -0.494 e. The number of halogens is 1. The van der Waals surface area contributed by atoms with Gasteiger partial charge in [-0.2, -0.15) is 0 Å². The average Bonchev–Trinajstić information content (AvgIpc) is 3.07. The zero-order chi connectivity index (χ0) is 16.9. The summed E-state index contributed by atoms with van der Waals surface area (Å²) in [6.45, 7) is 3.33. The van der Waals surface area contributed by atoms with Gasteiger partial charge in [-0.25, -0.2) is 4.79 Å². The number of benzene rings is 2. The van der Waals surface area contributed by atoms with Crippen molar-refractivity contribution in [2.24, 2.45) is 0 Å². The molecule has 2 amide bonds. The molecule has 2 aromatic rings. The van der Waals surface area contributed by atoms with Crippen molar-refractivity contribution in [2.75, 3.05) is 18.5 Å². The monoisotopic (exact) mass is 344 g/mol. The molecule has 1 heterocycles. The Morgan fingerprint density at radius 1 is 1.21 bits per heavy atom. The molecule has 1 aliphatic heterocycles. The van der Waals surface area contributed by atoms with Crippen LogP contribution in [0.3, 0.4) is 0 Å². The molecule has 1 aliphatic rings. The maximum Gasteiger partial charge on any atom is 0.322 e. The van der Waals surface area contributed by atoms with E-state index < -0.39 is 0 Å². The predicted molar refractivity (Wildman–Crippen MR) is 96.8 cm³/mol. The number of hydrogen-bond acceptors (Lipinski definition) is 2. The maximum atomic E-state index is 12.6. The highest BCUT2D eigenvalue weighted by Crippen LogP contribution is 2.33.